The molecule has 1 aromatic rings. The van der Waals surface area contributed by atoms with Crippen molar-refractivity contribution in [1.29, 1.82) is 0 Å². The smallest absolute Gasteiger partial charge is 0.124 e. The number of nitrogens with one attached hydrogen (secondary N) is 1. The van der Waals surface area contributed by atoms with E-state index in [-0.39, 0.29) is 0 Å². The van der Waals surface area contributed by atoms with Crippen LogP contribution in [0.15, 0.2) is 12.1 Å². The van der Waals surface area contributed by atoms with Crippen LogP contribution in [0.1, 0.15) is 29.9 Å². The average Bonchev–Trinajstić information content (AvgIpc) is 2.29. The Morgan fingerprint density at radius 1 is 1.44 bits per heavy atom. The van der Waals surface area contributed by atoms with E-state index in [9.17, 15) is 0 Å². The minimum atomic E-state index is 0.483. The first-order valence-corrected chi connectivity index (χ1v) is 6.15. The Morgan fingerprint density at radius 2 is 2.25 bits per heavy atom. The zero-order chi connectivity index (χ0) is 11.5. The molecule has 0 bridgehead atoms. The van der Waals surface area contributed by atoms with Gasteiger partial charge in [-0.3, -0.25) is 0 Å². The van der Waals surface area contributed by atoms with Crippen molar-refractivity contribution in [3.8, 4) is 5.75 Å². The maximum atomic E-state index is 6.34. The van der Waals surface area contributed by atoms with E-state index in [2.05, 4.69) is 11.4 Å². The summed E-state index contributed by atoms with van der Waals surface area (Å²) in [5.41, 5.74) is 2.32. The fraction of sp³-hybridized carbons (Fsp3) is 0.538. The van der Waals surface area contributed by atoms with Gasteiger partial charge in [0.15, 0.2) is 0 Å². The molecule has 0 amide bonds. The van der Waals surface area contributed by atoms with Crippen LogP contribution in [-0.4, -0.2) is 20.2 Å². The maximum Gasteiger partial charge on any atom is 0.124 e. The lowest BCUT2D eigenvalue weighted by Crippen LogP contribution is -2.28. The molecule has 0 saturated carbocycles. The molecule has 1 unspecified atom stereocenters. The molecule has 1 N–H and O–H groups in total. The van der Waals surface area contributed by atoms with Gasteiger partial charge in [-0.2, -0.15) is 0 Å². The molecule has 88 valence electrons. The van der Waals surface area contributed by atoms with Crippen LogP contribution in [0.25, 0.3) is 0 Å². The summed E-state index contributed by atoms with van der Waals surface area (Å²) >= 11 is 6.34. The Morgan fingerprint density at radius 3 is 2.88 bits per heavy atom. The van der Waals surface area contributed by atoms with Gasteiger partial charge in [-0.05, 0) is 44.0 Å². The first-order chi connectivity index (χ1) is 7.72. The van der Waals surface area contributed by atoms with Crippen LogP contribution in [0.5, 0.6) is 5.75 Å². The number of piperidine rings is 1. The van der Waals surface area contributed by atoms with Crippen molar-refractivity contribution in [2.45, 2.75) is 25.7 Å². The van der Waals surface area contributed by atoms with Gasteiger partial charge in [-0.15, -0.1) is 0 Å². The van der Waals surface area contributed by atoms with Gasteiger partial charge in [0.25, 0.3) is 0 Å². The zero-order valence-corrected chi connectivity index (χ0v) is 10.6. The molecule has 3 heteroatoms. The van der Waals surface area contributed by atoms with Gasteiger partial charge in [0, 0.05) is 23.0 Å². The predicted octanol–water partition coefficient (Wildman–Crippen LogP) is 3.12. The molecule has 1 atom stereocenters. The minimum absolute atomic E-state index is 0.483. The largest absolute Gasteiger partial charge is 0.496 e. The van der Waals surface area contributed by atoms with Gasteiger partial charge in [-0.1, -0.05) is 11.6 Å². The predicted molar refractivity (Wildman–Crippen MR) is 67.6 cm³/mol. The third kappa shape index (κ3) is 2.33. The van der Waals surface area contributed by atoms with E-state index in [0.29, 0.717) is 5.92 Å². The molecule has 0 radical (unpaired) electrons. The normalized spacial score (nSPS) is 20.8. The second kappa shape index (κ2) is 5.07. The lowest BCUT2D eigenvalue weighted by atomic mass is 9.90. The van der Waals surface area contributed by atoms with Crippen LogP contribution >= 0.6 is 11.6 Å². The summed E-state index contributed by atoms with van der Waals surface area (Å²) in [6, 6.07) is 4.09. The van der Waals surface area contributed by atoms with E-state index in [1.54, 1.807) is 7.11 Å². The summed E-state index contributed by atoms with van der Waals surface area (Å²) in [5.74, 6) is 1.41. The van der Waals surface area contributed by atoms with Gasteiger partial charge in [0.05, 0.1) is 7.11 Å². The van der Waals surface area contributed by atoms with Crippen LogP contribution in [-0.2, 0) is 0 Å². The number of hydrogen-bond donors (Lipinski definition) is 1. The Bertz CT molecular complexity index is 372. The van der Waals surface area contributed by atoms with E-state index >= 15 is 0 Å². The number of methoxy groups -OCH3 is 1. The van der Waals surface area contributed by atoms with E-state index in [1.165, 1.54) is 18.4 Å². The highest BCUT2D eigenvalue weighted by Crippen LogP contribution is 2.37. The van der Waals surface area contributed by atoms with Crippen molar-refractivity contribution in [3.05, 3.63) is 28.3 Å². The third-order valence-corrected chi connectivity index (χ3v) is 3.47. The fourth-order valence-electron chi connectivity index (χ4n) is 2.38. The molecule has 0 spiro atoms. The summed E-state index contributed by atoms with van der Waals surface area (Å²) in [6.45, 7) is 4.15. The molecule has 2 rings (SSSR count). The summed E-state index contributed by atoms with van der Waals surface area (Å²) in [4.78, 5) is 0. The SMILES string of the molecule is COc1cc(C)cc(Cl)c1C1CCCNC1. The van der Waals surface area contributed by atoms with Gasteiger partial charge >= 0.3 is 0 Å². The Balaban J connectivity index is 2.37. The molecule has 2 nitrogen and oxygen atoms in total. The zero-order valence-electron chi connectivity index (χ0n) is 9.85. The number of halogens is 1. The standard InChI is InChI=1S/C13H18ClNO/c1-9-6-11(14)13(12(7-9)16-2)10-4-3-5-15-8-10/h6-7,10,15H,3-5,8H2,1-2H3. The number of aryl methyl sites for hydroxylation is 1. The highest BCUT2D eigenvalue weighted by atomic mass is 35.5. The van der Waals surface area contributed by atoms with Gasteiger partial charge in [0.1, 0.15) is 5.75 Å². The number of rotatable bonds is 2. The minimum Gasteiger partial charge on any atom is -0.496 e. The van der Waals surface area contributed by atoms with Crippen LogP contribution in [0, 0.1) is 6.92 Å². The summed E-state index contributed by atoms with van der Waals surface area (Å²) < 4.78 is 5.45. The summed E-state index contributed by atoms with van der Waals surface area (Å²) in [6.07, 6.45) is 2.39. The van der Waals surface area contributed by atoms with Crippen molar-refractivity contribution >= 4 is 11.6 Å². The molecular formula is C13H18ClNO. The number of hydrogen-bond acceptors (Lipinski definition) is 2. The molecule has 1 aromatic carbocycles. The second-order valence-electron chi connectivity index (χ2n) is 4.41. The molecular weight excluding hydrogens is 222 g/mol. The lowest BCUT2D eigenvalue weighted by Gasteiger charge is -2.25. The first-order valence-electron chi connectivity index (χ1n) is 5.77. The first kappa shape index (κ1) is 11.7. The molecule has 16 heavy (non-hydrogen) atoms. The quantitative estimate of drug-likeness (QED) is 0.856. The van der Waals surface area contributed by atoms with E-state index in [0.717, 1.165) is 29.4 Å². The fourth-order valence-corrected chi connectivity index (χ4v) is 2.80. The highest BCUT2D eigenvalue weighted by Gasteiger charge is 2.21. The Labute approximate surface area is 102 Å². The molecule has 1 heterocycles. The van der Waals surface area contributed by atoms with Gasteiger partial charge in [0.2, 0.25) is 0 Å². The van der Waals surface area contributed by atoms with Crippen molar-refractivity contribution in [3.63, 3.8) is 0 Å². The molecule has 1 aliphatic rings. The third-order valence-electron chi connectivity index (χ3n) is 3.16. The summed E-state index contributed by atoms with van der Waals surface area (Å²) in [7, 11) is 1.71. The van der Waals surface area contributed by atoms with Crippen molar-refractivity contribution in [2.24, 2.45) is 0 Å². The molecule has 1 aliphatic heterocycles. The highest BCUT2D eigenvalue weighted by molar-refractivity contribution is 6.31. The van der Waals surface area contributed by atoms with E-state index in [1.807, 2.05) is 13.0 Å². The second-order valence-corrected chi connectivity index (χ2v) is 4.81. The number of ether oxygens (including phenoxy) is 1. The monoisotopic (exact) mass is 239 g/mol. The van der Waals surface area contributed by atoms with Crippen molar-refractivity contribution in [2.75, 3.05) is 20.2 Å². The maximum absolute atomic E-state index is 6.34. The van der Waals surface area contributed by atoms with Crippen molar-refractivity contribution in [1.82, 2.24) is 5.32 Å². The topological polar surface area (TPSA) is 21.3 Å². The Kier molecular flexibility index (Phi) is 3.72. The van der Waals surface area contributed by atoms with Gasteiger partial charge < -0.3 is 10.1 Å². The van der Waals surface area contributed by atoms with Crippen LogP contribution in [0.3, 0.4) is 0 Å². The van der Waals surface area contributed by atoms with E-state index < -0.39 is 0 Å². The van der Waals surface area contributed by atoms with E-state index in [4.69, 9.17) is 16.3 Å². The molecule has 0 aliphatic carbocycles. The summed E-state index contributed by atoms with van der Waals surface area (Å²) in [5, 5.41) is 4.25. The van der Waals surface area contributed by atoms with Crippen molar-refractivity contribution < 1.29 is 4.74 Å². The molecule has 1 fully saturated rings. The van der Waals surface area contributed by atoms with Crippen LogP contribution in [0.4, 0.5) is 0 Å². The van der Waals surface area contributed by atoms with Gasteiger partial charge in [-0.25, -0.2) is 0 Å². The van der Waals surface area contributed by atoms with Crippen LogP contribution in [0.2, 0.25) is 5.02 Å². The molecule has 1 saturated heterocycles. The average molecular weight is 240 g/mol. The lowest BCUT2D eigenvalue weighted by molar-refractivity contribution is 0.392. The van der Waals surface area contributed by atoms with Crippen LogP contribution < -0.4 is 10.1 Å². The number of benzene rings is 1. The Hall–Kier alpha value is -0.730. The molecule has 0 aromatic heterocycles.